The van der Waals surface area contributed by atoms with Gasteiger partial charge in [0.25, 0.3) is 0 Å². The van der Waals surface area contributed by atoms with Crippen LogP contribution in [-0.4, -0.2) is 160 Å². The normalized spacial score (nSPS) is 26.7. The van der Waals surface area contributed by atoms with Crippen molar-refractivity contribution < 1.29 is 62.5 Å². The second kappa shape index (κ2) is 25.7. The van der Waals surface area contributed by atoms with E-state index in [-0.39, 0.29) is 62.7 Å². The quantitative estimate of drug-likeness (QED) is 0.112. The minimum atomic E-state index is -1.79. The van der Waals surface area contributed by atoms with Crippen LogP contribution in [0, 0.1) is 17.8 Å². The van der Waals surface area contributed by atoms with Crippen molar-refractivity contribution in [2.75, 3.05) is 20.7 Å². The van der Waals surface area contributed by atoms with Gasteiger partial charge in [-0.3, -0.25) is 43.2 Å². The Hall–Kier alpha value is -6.32. The molecule has 3 saturated heterocycles. The summed E-state index contributed by atoms with van der Waals surface area (Å²) in [5.41, 5.74) is 6.05. The summed E-state index contributed by atoms with van der Waals surface area (Å²) in [6.45, 7) is 13.4. The summed E-state index contributed by atoms with van der Waals surface area (Å²) in [5, 5.41) is 24.7. The second-order valence-corrected chi connectivity index (χ2v) is 20.0. The van der Waals surface area contributed by atoms with Gasteiger partial charge in [-0.25, -0.2) is 4.79 Å². The zero-order valence-corrected chi connectivity index (χ0v) is 42.7. The van der Waals surface area contributed by atoms with E-state index in [1.54, 1.807) is 65.8 Å². The molecule has 9 amide bonds. The Morgan fingerprint density at radius 1 is 0.859 bits per heavy atom. The van der Waals surface area contributed by atoms with Crippen molar-refractivity contribution in [1.29, 1.82) is 0 Å². The Kier molecular flexibility index (Phi) is 20.7. The number of amides is 9. The first kappa shape index (κ1) is 57.3. The third-order valence-electron chi connectivity index (χ3n) is 13.1. The molecule has 22 nitrogen and oxygen atoms in total. The van der Waals surface area contributed by atoms with Gasteiger partial charge in [-0.15, -0.1) is 0 Å². The van der Waals surface area contributed by atoms with E-state index in [1.165, 1.54) is 37.8 Å². The first-order valence-corrected chi connectivity index (χ1v) is 24.5. The molecular formula is C49H75N9O13. The molecule has 0 aliphatic carbocycles. The smallest absolute Gasteiger partial charge is 0.328 e. The van der Waals surface area contributed by atoms with Crippen molar-refractivity contribution in [2.45, 2.75) is 174 Å². The molecule has 8 N–H and O–H groups in total. The van der Waals surface area contributed by atoms with Crippen LogP contribution >= 0.6 is 0 Å². The molecule has 2 bridgehead atoms. The summed E-state index contributed by atoms with van der Waals surface area (Å²) in [6.07, 6.45) is -3.00. The number of piperidine rings is 1. The minimum absolute atomic E-state index is 0.00815. The molecule has 3 fully saturated rings. The molecule has 3 aliphatic heterocycles. The van der Waals surface area contributed by atoms with E-state index >= 15 is 0 Å². The lowest BCUT2D eigenvalue weighted by Crippen LogP contribution is -2.66. The van der Waals surface area contributed by atoms with Crippen LogP contribution in [0.3, 0.4) is 0 Å². The predicted molar refractivity (Wildman–Crippen MR) is 257 cm³/mol. The van der Waals surface area contributed by atoms with Crippen LogP contribution in [0.15, 0.2) is 24.3 Å². The number of hydrogen-bond acceptors (Lipinski definition) is 13. The molecule has 0 spiro atoms. The Bertz CT molecular complexity index is 2120. The number of aliphatic hydroxyl groups excluding tert-OH is 1. The molecule has 71 heavy (non-hydrogen) atoms. The van der Waals surface area contributed by atoms with Gasteiger partial charge in [0, 0.05) is 33.4 Å². The highest BCUT2D eigenvalue weighted by Crippen LogP contribution is 2.27. The molecule has 0 aromatic heterocycles. The number of methoxy groups -OCH3 is 1. The zero-order valence-electron chi connectivity index (χ0n) is 42.7. The second-order valence-electron chi connectivity index (χ2n) is 20.0. The number of likely N-dealkylation sites (N-methyl/N-ethyl adjacent to an activating group) is 1. The Morgan fingerprint density at radius 3 is 2.06 bits per heavy atom. The van der Waals surface area contributed by atoms with Gasteiger partial charge in [-0.05, 0) is 87.3 Å². The number of hydrogen-bond donors (Lipinski definition) is 7. The third kappa shape index (κ3) is 15.3. The maximum Gasteiger partial charge on any atom is 0.328 e. The number of carbonyl (C=O) groups excluding carboxylic acids is 10. The summed E-state index contributed by atoms with van der Waals surface area (Å²) < 4.78 is 11.2. The molecule has 3 aliphatic rings. The van der Waals surface area contributed by atoms with Crippen LogP contribution < -0.4 is 37.1 Å². The van der Waals surface area contributed by atoms with E-state index in [1.807, 2.05) is 0 Å². The number of likely N-dealkylation sites (tertiary alicyclic amines) is 1. The fourth-order valence-electron chi connectivity index (χ4n) is 9.25. The van der Waals surface area contributed by atoms with E-state index in [9.17, 15) is 53.1 Å². The Morgan fingerprint density at radius 2 is 1.48 bits per heavy atom. The number of nitrogens with zero attached hydrogens (tertiary/aromatic N) is 3. The molecule has 0 saturated carbocycles. The fourth-order valence-corrected chi connectivity index (χ4v) is 9.25. The van der Waals surface area contributed by atoms with Crippen molar-refractivity contribution >= 4 is 59.1 Å². The number of primary amides is 1. The van der Waals surface area contributed by atoms with E-state index in [0.29, 0.717) is 30.7 Å². The third-order valence-corrected chi connectivity index (χ3v) is 13.1. The van der Waals surface area contributed by atoms with Crippen LogP contribution in [-0.2, 0) is 59.1 Å². The molecule has 22 heteroatoms. The molecule has 1 aromatic rings. The standard InChI is InChI=1S/C49H75N9O13/c1-25(2)22-34-43(63)52-33-18-20-39(61)58(47(33)67)41(27(5)6)48(68)56(9)37(24-30-13-15-31(70-10)16-14-30)45(65)54-35(23-26(3)4)49(69)71-28(7)40(46(66)53-34)55-42(62)32(17-19-38(50)60)51-44(64)36-12-11-21-57(36)29(8)59/h13-16,25-28,32-37,39-41,61H,11-12,17-24H2,1-10H3,(H2,50,60)(H,51,64)(H,52,63)(H,53,66)(H,54,65)(H,55,62). The topological polar surface area (TPSA) is 305 Å². The van der Waals surface area contributed by atoms with E-state index in [0.717, 1.165) is 4.90 Å². The largest absolute Gasteiger partial charge is 0.497 e. The Labute approximate surface area is 415 Å². The highest BCUT2D eigenvalue weighted by Gasteiger charge is 2.47. The van der Waals surface area contributed by atoms with Gasteiger partial charge < -0.3 is 61.6 Å². The van der Waals surface area contributed by atoms with E-state index < -0.39 is 120 Å². The highest BCUT2D eigenvalue weighted by atomic mass is 16.5. The maximum atomic E-state index is 14.8. The van der Waals surface area contributed by atoms with Crippen LogP contribution in [0.2, 0.25) is 0 Å². The van der Waals surface area contributed by atoms with Crippen molar-refractivity contribution in [1.82, 2.24) is 41.3 Å². The minimum Gasteiger partial charge on any atom is -0.497 e. The summed E-state index contributed by atoms with van der Waals surface area (Å²) in [4.78, 5) is 143. The lowest BCUT2D eigenvalue weighted by atomic mass is 9.93. The van der Waals surface area contributed by atoms with Gasteiger partial charge in [-0.1, -0.05) is 53.7 Å². The first-order valence-electron chi connectivity index (χ1n) is 24.5. The van der Waals surface area contributed by atoms with Crippen LogP contribution in [0.5, 0.6) is 5.75 Å². The lowest BCUT2D eigenvalue weighted by Gasteiger charge is -2.44. The summed E-state index contributed by atoms with van der Waals surface area (Å²) in [5.74, 6) is -8.49. The lowest BCUT2D eigenvalue weighted by molar-refractivity contribution is -0.167. The average molecular weight is 998 g/mol. The average Bonchev–Trinajstić information content (AvgIpc) is 3.80. The maximum absolute atomic E-state index is 14.8. The van der Waals surface area contributed by atoms with Crippen molar-refractivity contribution in [3.05, 3.63) is 29.8 Å². The number of ether oxygens (including phenoxy) is 2. The molecule has 394 valence electrons. The predicted octanol–water partition coefficient (Wildman–Crippen LogP) is -0.232. The molecule has 0 radical (unpaired) electrons. The molecule has 10 atom stereocenters. The number of esters is 1. The van der Waals surface area contributed by atoms with Gasteiger partial charge >= 0.3 is 5.97 Å². The molecule has 10 unspecified atom stereocenters. The van der Waals surface area contributed by atoms with Gasteiger partial charge in [0.15, 0.2) is 0 Å². The number of fused-ring (bicyclic) bond motifs is 2. The number of nitrogens with two attached hydrogens (primary N) is 1. The van der Waals surface area contributed by atoms with Crippen LogP contribution in [0.1, 0.15) is 112 Å². The number of carbonyl (C=O) groups is 10. The van der Waals surface area contributed by atoms with Crippen LogP contribution in [0.4, 0.5) is 0 Å². The van der Waals surface area contributed by atoms with E-state index in [4.69, 9.17) is 15.2 Å². The number of aliphatic hydroxyl groups is 1. The number of rotatable bonds is 15. The number of benzene rings is 1. The molecule has 1 aromatic carbocycles. The molecular weight excluding hydrogens is 923 g/mol. The van der Waals surface area contributed by atoms with Gasteiger partial charge in [0.05, 0.1) is 7.11 Å². The van der Waals surface area contributed by atoms with Crippen molar-refractivity contribution in [3.8, 4) is 5.75 Å². The number of cyclic esters (lactones) is 1. The van der Waals surface area contributed by atoms with Gasteiger partial charge in [0.2, 0.25) is 53.2 Å². The van der Waals surface area contributed by atoms with Crippen LogP contribution in [0.25, 0.3) is 0 Å². The summed E-state index contributed by atoms with van der Waals surface area (Å²) in [6, 6.07) is -4.10. The molecule has 3 heterocycles. The fraction of sp³-hybridized carbons (Fsp3) is 0.673. The van der Waals surface area contributed by atoms with Crippen molar-refractivity contribution in [2.24, 2.45) is 23.5 Å². The van der Waals surface area contributed by atoms with Gasteiger partial charge in [0.1, 0.15) is 66.4 Å². The summed E-state index contributed by atoms with van der Waals surface area (Å²) in [7, 11) is 2.88. The Balaban J connectivity index is 1.84. The van der Waals surface area contributed by atoms with Crippen molar-refractivity contribution in [3.63, 3.8) is 0 Å². The first-order chi connectivity index (χ1) is 33.3. The SMILES string of the molecule is COc1ccc(CC2C(=O)NC(CC(C)C)C(=O)OC(C)C(NC(=O)C(CCC(N)=O)NC(=O)C3CCCN3C(C)=O)C(=O)NC(CC(C)C)C(=O)NC3CCC(O)N(C3=O)C(C(C)C)C(=O)N2C)cc1. The van der Waals surface area contributed by atoms with E-state index in [2.05, 4.69) is 26.6 Å². The van der Waals surface area contributed by atoms with Gasteiger partial charge in [-0.2, -0.15) is 0 Å². The molecule has 4 rings (SSSR count). The highest BCUT2D eigenvalue weighted by molar-refractivity contribution is 5.99. The summed E-state index contributed by atoms with van der Waals surface area (Å²) >= 11 is 0. The number of nitrogens with one attached hydrogen (secondary N) is 5. The monoisotopic (exact) mass is 998 g/mol. The zero-order chi connectivity index (χ0) is 53.0.